The van der Waals surface area contributed by atoms with E-state index in [-0.39, 0.29) is 6.04 Å². The summed E-state index contributed by atoms with van der Waals surface area (Å²) in [7, 11) is 0. The topological polar surface area (TPSA) is 24.9 Å². The molecule has 0 aliphatic heterocycles. The molecular formula is C12H13ClN2S. The molecule has 0 amide bonds. The lowest BCUT2D eigenvalue weighted by molar-refractivity contribution is 0.871. The second-order valence-electron chi connectivity index (χ2n) is 3.70. The van der Waals surface area contributed by atoms with E-state index in [1.807, 2.05) is 11.4 Å². The van der Waals surface area contributed by atoms with Gasteiger partial charge in [-0.1, -0.05) is 35.9 Å². The molecule has 1 unspecified atom stereocenters. The van der Waals surface area contributed by atoms with Crippen LogP contribution in [0.5, 0.6) is 0 Å². The molecule has 0 spiro atoms. The first-order valence-electron chi connectivity index (χ1n) is 5.10. The van der Waals surface area contributed by atoms with Crippen LogP contribution in [0.3, 0.4) is 0 Å². The number of rotatable bonds is 3. The van der Waals surface area contributed by atoms with E-state index in [0.29, 0.717) is 5.15 Å². The van der Waals surface area contributed by atoms with Crippen molar-refractivity contribution in [3.8, 4) is 0 Å². The molecule has 1 aromatic heterocycles. The Morgan fingerprint density at radius 2 is 2.12 bits per heavy atom. The summed E-state index contributed by atoms with van der Waals surface area (Å²) in [5.74, 6) is 0. The van der Waals surface area contributed by atoms with Crippen molar-refractivity contribution >= 4 is 28.1 Å². The Labute approximate surface area is 104 Å². The zero-order chi connectivity index (χ0) is 11.5. The van der Waals surface area contributed by atoms with E-state index < -0.39 is 0 Å². The molecule has 1 atom stereocenters. The van der Waals surface area contributed by atoms with Gasteiger partial charge in [-0.05, 0) is 25.0 Å². The van der Waals surface area contributed by atoms with E-state index in [1.54, 1.807) is 0 Å². The van der Waals surface area contributed by atoms with Crippen molar-refractivity contribution < 1.29 is 0 Å². The molecule has 0 fully saturated rings. The number of hydrogen-bond acceptors (Lipinski definition) is 3. The minimum atomic E-state index is 0.239. The molecule has 2 rings (SSSR count). The monoisotopic (exact) mass is 252 g/mol. The van der Waals surface area contributed by atoms with Gasteiger partial charge in [0, 0.05) is 5.38 Å². The van der Waals surface area contributed by atoms with Gasteiger partial charge in [0.2, 0.25) is 0 Å². The Morgan fingerprint density at radius 1 is 1.38 bits per heavy atom. The Bertz CT molecular complexity index is 481. The second kappa shape index (κ2) is 4.85. The number of anilines is 1. The Hall–Kier alpha value is -1.06. The molecule has 0 saturated heterocycles. The molecule has 1 N–H and O–H groups in total. The summed E-state index contributed by atoms with van der Waals surface area (Å²) in [5, 5.41) is 6.58. The maximum absolute atomic E-state index is 5.78. The third-order valence-corrected chi connectivity index (χ3v) is 3.57. The maximum Gasteiger partial charge on any atom is 0.184 e. The van der Waals surface area contributed by atoms with Crippen molar-refractivity contribution in [3.05, 3.63) is 45.9 Å². The van der Waals surface area contributed by atoms with Gasteiger partial charge in [-0.15, -0.1) is 11.3 Å². The molecule has 0 aliphatic carbocycles. The number of halogens is 1. The van der Waals surface area contributed by atoms with E-state index >= 15 is 0 Å². The van der Waals surface area contributed by atoms with Gasteiger partial charge < -0.3 is 5.32 Å². The van der Waals surface area contributed by atoms with Crippen molar-refractivity contribution in [2.24, 2.45) is 0 Å². The van der Waals surface area contributed by atoms with E-state index in [2.05, 4.69) is 42.3 Å². The quantitative estimate of drug-likeness (QED) is 0.882. The molecule has 16 heavy (non-hydrogen) atoms. The van der Waals surface area contributed by atoms with Crippen molar-refractivity contribution in [2.45, 2.75) is 19.9 Å². The number of benzene rings is 1. The highest BCUT2D eigenvalue weighted by Gasteiger charge is 2.09. The van der Waals surface area contributed by atoms with Gasteiger partial charge in [0.15, 0.2) is 5.13 Å². The first-order chi connectivity index (χ1) is 7.66. The van der Waals surface area contributed by atoms with Crippen LogP contribution in [0.25, 0.3) is 0 Å². The summed E-state index contributed by atoms with van der Waals surface area (Å²) >= 11 is 7.30. The number of nitrogens with zero attached hydrogens (tertiary/aromatic N) is 1. The molecule has 0 aliphatic rings. The maximum atomic E-state index is 5.78. The predicted octanol–water partition coefficient (Wildman–Crippen LogP) is 4.28. The highest BCUT2D eigenvalue weighted by Crippen LogP contribution is 2.25. The summed E-state index contributed by atoms with van der Waals surface area (Å²) in [5.41, 5.74) is 2.57. The number of nitrogens with one attached hydrogen (secondary N) is 1. The van der Waals surface area contributed by atoms with Crippen molar-refractivity contribution in [3.63, 3.8) is 0 Å². The Morgan fingerprint density at radius 3 is 2.75 bits per heavy atom. The van der Waals surface area contributed by atoms with E-state index in [0.717, 1.165) is 5.13 Å². The summed E-state index contributed by atoms with van der Waals surface area (Å²) in [6.45, 7) is 4.24. The molecule has 0 radical (unpaired) electrons. The summed E-state index contributed by atoms with van der Waals surface area (Å²) in [4.78, 5) is 4.18. The molecule has 1 aromatic carbocycles. The van der Waals surface area contributed by atoms with Gasteiger partial charge in [0.25, 0.3) is 0 Å². The first kappa shape index (κ1) is 11.4. The van der Waals surface area contributed by atoms with Crippen LogP contribution in [0.1, 0.15) is 24.1 Å². The average Bonchev–Trinajstić information content (AvgIpc) is 2.64. The molecule has 0 saturated carbocycles. The predicted molar refractivity (Wildman–Crippen MR) is 70.3 cm³/mol. The number of aryl methyl sites for hydroxylation is 1. The number of thiazole rings is 1. The lowest BCUT2D eigenvalue weighted by atomic mass is 10.0. The van der Waals surface area contributed by atoms with E-state index in [4.69, 9.17) is 11.6 Å². The van der Waals surface area contributed by atoms with Gasteiger partial charge in [-0.25, -0.2) is 4.98 Å². The highest BCUT2D eigenvalue weighted by molar-refractivity contribution is 7.14. The average molecular weight is 253 g/mol. The van der Waals surface area contributed by atoms with Crippen LogP contribution < -0.4 is 5.32 Å². The van der Waals surface area contributed by atoms with Gasteiger partial charge in [0.05, 0.1) is 6.04 Å². The largest absolute Gasteiger partial charge is 0.355 e. The van der Waals surface area contributed by atoms with Crippen molar-refractivity contribution in [2.75, 3.05) is 5.32 Å². The zero-order valence-electron chi connectivity index (χ0n) is 9.20. The van der Waals surface area contributed by atoms with Crippen LogP contribution in [-0.4, -0.2) is 4.98 Å². The SMILES string of the molecule is Cc1ccccc1C(C)Nc1nc(Cl)cs1. The standard InChI is InChI=1S/C12H13ClN2S/c1-8-5-3-4-6-10(8)9(2)14-12-15-11(13)7-16-12/h3-7,9H,1-2H3,(H,14,15). The van der Waals surface area contributed by atoms with Crippen molar-refractivity contribution in [1.82, 2.24) is 4.98 Å². The molecule has 2 aromatic rings. The fourth-order valence-corrected chi connectivity index (χ4v) is 2.58. The molecule has 84 valence electrons. The molecule has 0 bridgehead atoms. The molecule has 2 nitrogen and oxygen atoms in total. The number of aromatic nitrogens is 1. The minimum Gasteiger partial charge on any atom is -0.355 e. The molecule has 1 heterocycles. The van der Waals surface area contributed by atoms with Crippen molar-refractivity contribution in [1.29, 1.82) is 0 Å². The summed E-state index contributed by atoms with van der Waals surface area (Å²) < 4.78 is 0. The fourth-order valence-electron chi connectivity index (χ4n) is 1.66. The van der Waals surface area contributed by atoms with Crippen LogP contribution in [0, 0.1) is 6.92 Å². The highest BCUT2D eigenvalue weighted by atomic mass is 35.5. The second-order valence-corrected chi connectivity index (χ2v) is 4.94. The smallest absolute Gasteiger partial charge is 0.184 e. The molecular weight excluding hydrogens is 240 g/mol. The van der Waals surface area contributed by atoms with Gasteiger partial charge in [-0.3, -0.25) is 0 Å². The normalized spacial score (nSPS) is 12.4. The molecule has 4 heteroatoms. The third-order valence-electron chi connectivity index (χ3n) is 2.47. The summed E-state index contributed by atoms with van der Waals surface area (Å²) in [6, 6.07) is 8.58. The minimum absolute atomic E-state index is 0.239. The summed E-state index contributed by atoms with van der Waals surface area (Å²) in [6.07, 6.45) is 0. The van der Waals surface area contributed by atoms with E-state index in [9.17, 15) is 0 Å². The first-order valence-corrected chi connectivity index (χ1v) is 6.35. The number of hydrogen-bond donors (Lipinski definition) is 1. The lowest BCUT2D eigenvalue weighted by Crippen LogP contribution is -2.07. The van der Waals surface area contributed by atoms with Crippen LogP contribution in [-0.2, 0) is 0 Å². The zero-order valence-corrected chi connectivity index (χ0v) is 10.8. The fraction of sp³-hybridized carbons (Fsp3) is 0.250. The van der Waals surface area contributed by atoms with Gasteiger partial charge in [0.1, 0.15) is 5.15 Å². The van der Waals surface area contributed by atoms with Crippen LogP contribution in [0.2, 0.25) is 5.15 Å². The van der Waals surface area contributed by atoms with Gasteiger partial charge in [-0.2, -0.15) is 0 Å². The Kier molecular flexibility index (Phi) is 3.46. The van der Waals surface area contributed by atoms with E-state index in [1.165, 1.54) is 22.5 Å². The lowest BCUT2D eigenvalue weighted by Gasteiger charge is -2.15. The Balaban J connectivity index is 2.14. The van der Waals surface area contributed by atoms with Crippen LogP contribution in [0.15, 0.2) is 29.6 Å². The third kappa shape index (κ3) is 2.54. The van der Waals surface area contributed by atoms with Gasteiger partial charge >= 0.3 is 0 Å². The van der Waals surface area contributed by atoms with Crippen LogP contribution in [0.4, 0.5) is 5.13 Å². The van der Waals surface area contributed by atoms with Crippen LogP contribution >= 0.6 is 22.9 Å².